The SMILES string of the molecule is Cl.Cl.NCC1(CC(=O)NCc2ccnc(N3CCOCC3)c2)CCCCC1. The van der Waals surface area contributed by atoms with Crippen LogP contribution in [0.2, 0.25) is 0 Å². The number of nitrogens with zero attached hydrogens (tertiary/aromatic N) is 2. The van der Waals surface area contributed by atoms with Gasteiger partial charge in [0.15, 0.2) is 0 Å². The number of carbonyl (C=O) groups excluding carboxylic acids is 1. The summed E-state index contributed by atoms with van der Waals surface area (Å²) >= 11 is 0. The number of rotatable bonds is 6. The Kier molecular flexibility index (Phi) is 10.4. The number of nitrogens with one attached hydrogen (secondary N) is 1. The minimum absolute atomic E-state index is 0. The van der Waals surface area contributed by atoms with Crippen molar-refractivity contribution in [2.45, 2.75) is 45.1 Å². The Labute approximate surface area is 174 Å². The molecule has 3 N–H and O–H groups in total. The van der Waals surface area contributed by atoms with Crippen molar-refractivity contribution in [3.8, 4) is 0 Å². The zero-order chi connectivity index (χ0) is 17.5. The number of morpholine rings is 1. The first-order chi connectivity index (χ1) is 12.2. The lowest BCUT2D eigenvalue weighted by Gasteiger charge is -2.35. The minimum atomic E-state index is 0. The average molecular weight is 419 g/mol. The lowest BCUT2D eigenvalue weighted by Crippen LogP contribution is -2.38. The van der Waals surface area contributed by atoms with E-state index in [1.807, 2.05) is 12.3 Å². The molecule has 1 saturated heterocycles. The fourth-order valence-corrected chi connectivity index (χ4v) is 3.89. The van der Waals surface area contributed by atoms with Crippen LogP contribution in [0.1, 0.15) is 44.1 Å². The molecule has 154 valence electrons. The second-order valence-corrected chi connectivity index (χ2v) is 7.34. The normalized spacial score (nSPS) is 18.8. The first-order valence-corrected chi connectivity index (χ1v) is 9.45. The van der Waals surface area contributed by atoms with E-state index in [-0.39, 0.29) is 36.1 Å². The number of ether oxygens (including phenoxy) is 1. The molecule has 1 aromatic rings. The Balaban J connectivity index is 0.00000182. The van der Waals surface area contributed by atoms with Gasteiger partial charge in [0.1, 0.15) is 5.82 Å². The van der Waals surface area contributed by atoms with E-state index in [0.29, 0.717) is 19.5 Å². The van der Waals surface area contributed by atoms with Crippen molar-refractivity contribution in [3.05, 3.63) is 23.9 Å². The maximum atomic E-state index is 12.4. The van der Waals surface area contributed by atoms with Gasteiger partial charge < -0.3 is 20.7 Å². The zero-order valence-corrected chi connectivity index (χ0v) is 17.5. The summed E-state index contributed by atoms with van der Waals surface area (Å²) in [5, 5.41) is 3.07. The van der Waals surface area contributed by atoms with Crippen LogP contribution in [0.15, 0.2) is 18.3 Å². The lowest BCUT2D eigenvalue weighted by molar-refractivity contribution is -0.124. The Hall–Kier alpha value is -1.08. The maximum absolute atomic E-state index is 12.4. The first kappa shape index (κ1) is 24.0. The average Bonchev–Trinajstić information content (AvgIpc) is 2.68. The molecule has 0 unspecified atom stereocenters. The molecular formula is C19H32Cl2N4O2. The van der Waals surface area contributed by atoms with E-state index < -0.39 is 0 Å². The van der Waals surface area contributed by atoms with Gasteiger partial charge >= 0.3 is 0 Å². The zero-order valence-electron chi connectivity index (χ0n) is 15.8. The van der Waals surface area contributed by atoms with Gasteiger partial charge in [0, 0.05) is 32.3 Å². The van der Waals surface area contributed by atoms with Gasteiger partial charge in [0.2, 0.25) is 5.91 Å². The third kappa shape index (κ3) is 6.79. The molecule has 0 aromatic carbocycles. The molecule has 1 saturated carbocycles. The topological polar surface area (TPSA) is 80.5 Å². The molecule has 8 heteroatoms. The molecule has 2 aliphatic rings. The van der Waals surface area contributed by atoms with Crippen LogP contribution in [0.4, 0.5) is 5.82 Å². The first-order valence-electron chi connectivity index (χ1n) is 9.45. The Morgan fingerprint density at radius 1 is 1.22 bits per heavy atom. The van der Waals surface area contributed by atoms with Gasteiger partial charge in [-0.3, -0.25) is 4.79 Å². The summed E-state index contributed by atoms with van der Waals surface area (Å²) in [6, 6.07) is 4.02. The smallest absolute Gasteiger partial charge is 0.220 e. The van der Waals surface area contributed by atoms with Gasteiger partial charge in [-0.25, -0.2) is 4.98 Å². The van der Waals surface area contributed by atoms with E-state index >= 15 is 0 Å². The van der Waals surface area contributed by atoms with Crippen LogP contribution in [0.3, 0.4) is 0 Å². The number of hydrogen-bond acceptors (Lipinski definition) is 5. The van der Waals surface area contributed by atoms with Gasteiger partial charge in [0.05, 0.1) is 13.2 Å². The van der Waals surface area contributed by atoms with Crippen LogP contribution in [0.5, 0.6) is 0 Å². The van der Waals surface area contributed by atoms with E-state index in [0.717, 1.165) is 50.5 Å². The molecule has 1 aliphatic carbocycles. The van der Waals surface area contributed by atoms with Gasteiger partial charge in [-0.2, -0.15) is 0 Å². The van der Waals surface area contributed by atoms with Gasteiger partial charge in [0.25, 0.3) is 0 Å². The van der Waals surface area contributed by atoms with Crippen LogP contribution < -0.4 is 16.0 Å². The molecule has 6 nitrogen and oxygen atoms in total. The van der Waals surface area contributed by atoms with Crippen LogP contribution in [0.25, 0.3) is 0 Å². The molecule has 2 fully saturated rings. The van der Waals surface area contributed by atoms with Gasteiger partial charge in [-0.1, -0.05) is 19.3 Å². The van der Waals surface area contributed by atoms with E-state index in [2.05, 4.69) is 21.3 Å². The largest absolute Gasteiger partial charge is 0.378 e. The second-order valence-electron chi connectivity index (χ2n) is 7.34. The Bertz CT molecular complexity index is 577. The van der Waals surface area contributed by atoms with Crippen LogP contribution in [0, 0.1) is 5.41 Å². The van der Waals surface area contributed by atoms with Crippen molar-refractivity contribution in [3.63, 3.8) is 0 Å². The molecular weight excluding hydrogens is 387 g/mol. The van der Waals surface area contributed by atoms with E-state index in [9.17, 15) is 4.79 Å². The molecule has 0 atom stereocenters. The van der Waals surface area contributed by atoms with Crippen molar-refractivity contribution in [1.29, 1.82) is 0 Å². The number of nitrogens with two attached hydrogens (primary N) is 1. The predicted octanol–water partition coefficient (Wildman–Crippen LogP) is 2.68. The fourth-order valence-electron chi connectivity index (χ4n) is 3.89. The molecule has 1 amide bonds. The van der Waals surface area contributed by atoms with Crippen molar-refractivity contribution in [1.82, 2.24) is 10.3 Å². The maximum Gasteiger partial charge on any atom is 0.220 e. The van der Waals surface area contributed by atoms with Crippen LogP contribution in [-0.4, -0.2) is 43.7 Å². The van der Waals surface area contributed by atoms with Gasteiger partial charge in [-0.05, 0) is 42.5 Å². The molecule has 27 heavy (non-hydrogen) atoms. The molecule has 3 rings (SSSR count). The molecule has 0 radical (unpaired) electrons. The fraction of sp³-hybridized carbons (Fsp3) is 0.684. The summed E-state index contributed by atoms with van der Waals surface area (Å²) in [5.41, 5.74) is 7.08. The highest BCUT2D eigenvalue weighted by Gasteiger charge is 2.32. The summed E-state index contributed by atoms with van der Waals surface area (Å²) in [4.78, 5) is 19.1. The van der Waals surface area contributed by atoms with Gasteiger partial charge in [-0.15, -0.1) is 24.8 Å². The number of aromatic nitrogens is 1. The predicted molar refractivity (Wildman–Crippen MR) is 113 cm³/mol. The summed E-state index contributed by atoms with van der Waals surface area (Å²) in [6.45, 7) is 4.35. The van der Waals surface area contributed by atoms with Crippen LogP contribution in [-0.2, 0) is 16.1 Å². The van der Waals surface area contributed by atoms with Crippen molar-refractivity contribution >= 4 is 36.5 Å². The third-order valence-corrected chi connectivity index (χ3v) is 5.52. The van der Waals surface area contributed by atoms with E-state index in [4.69, 9.17) is 10.5 Å². The minimum Gasteiger partial charge on any atom is -0.378 e. The third-order valence-electron chi connectivity index (χ3n) is 5.52. The number of carbonyl (C=O) groups is 1. The van der Waals surface area contributed by atoms with E-state index in [1.165, 1.54) is 19.3 Å². The van der Waals surface area contributed by atoms with E-state index in [1.54, 1.807) is 0 Å². The number of amides is 1. The summed E-state index contributed by atoms with van der Waals surface area (Å²) in [5.74, 6) is 1.07. The van der Waals surface area contributed by atoms with Crippen molar-refractivity contribution in [2.75, 3.05) is 37.7 Å². The number of anilines is 1. The molecule has 1 aromatic heterocycles. The second kappa shape index (κ2) is 11.7. The summed E-state index contributed by atoms with van der Waals surface area (Å²) < 4.78 is 5.39. The highest BCUT2D eigenvalue weighted by atomic mass is 35.5. The summed E-state index contributed by atoms with van der Waals surface area (Å²) in [7, 11) is 0. The summed E-state index contributed by atoms with van der Waals surface area (Å²) in [6.07, 6.45) is 8.17. The van der Waals surface area contributed by atoms with Crippen LogP contribution >= 0.6 is 24.8 Å². The van der Waals surface area contributed by atoms with Crippen molar-refractivity contribution in [2.24, 2.45) is 11.1 Å². The monoisotopic (exact) mass is 418 g/mol. The molecule has 1 aliphatic heterocycles. The number of hydrogen-bond donors (Lipinski definition) is 2. The Morgan fingerprint density at radius 2 is 1.93 bits per heavy atom. The number of halogens is 2. The molecule has 2 heterocycles. The quantitative estimate of drug-likeness (QED) is 0.741. The lowest BCUT2D eigenvalue weighted by atomic mass is 9.71. The Morgan fingerprint density at radius 3 is 2.59 bits per heavy atom. The highest BCUT2D eigenvalue weighted by molar-refractivity contribution is 5.85. The van der Waals surface area contributed by atoms with Crippen molar-refractivity contribution < 1.29 is 9.53 Å². The number of pyridine rings is 1. The standard InChI is InChI=1S/C19H30N4O2.2ClH/c20-15-19(5-2-1-3-6-19)13-18(24)22-14-16-4-7-21-17(12-16)23-8-10-25-11-9-23;;/h4,7,12H,1-3,5-6,8-11,13-15,20H2,(H,22,24);2*1H. The molecule has 0 spiro atoms. The highest BCUT2D eigenvalue weighted by Crippen LogP contribution is 2.38. The molecule has 0 bridgehead atoms.